The molecular weight excluding hydrogens is 230 g/mol. The van der Waals surface area contributed by atoms with Gasteiger partial charge in [0.05, 0.1) is 12.1 Å². The molecule has 1 rings (SSSR count). The SMILES string of the molecule is CCC(C)(OC)C(=O)N1CCN(C(C)C#N)CC1. The third kappa shape index (κ3) is 3.01. The van der Waals surface area contributed by atoms with Crippen molar-refractivity contribution in [1.82, 2.24) is 9.80 Å². The number of nitrogens with zero attached hydrogens (tertiary/aromatic N) is 3. The molecule has 1 heterocycles. The van der Waals surface area contributed by atoms with Gasteiger partial charge in [0.25, 0.3) is 5.91 Å². The number of carbonyl (C=O) groups excluding carboxylic acids is 1. The molecule has 102 valence electrons. The van der Waals surface area contributed by atoms with Crippen LogP contribution in [0.5, 0.6) is 0 Å². The zero-order valence-electron chi connectivity index (χ0n) is 11.8. The third-order valence-corrected chi connectivity index (χ3v) is 3.91. The van der Waals surface area contributed by atoms with Gasteiger partial charge in [0.1, 0.15) is 5.60 Å². The number of amides is 1. The van der Waals surface area contributed by atoms with Crippen LogP contribution < -0.4 is 0 Å². The molecule has 1 fully saturated rings. The van der Waals surface area contributed by atoms with E-state index in [0.717, 1.165) is 13.1 Å². The van der Waals surface area contributed by atoms with Gasteiger partial charge in [-0.15, -0.1) is 0 Å². The first-order valence-corrected chi connectivity index (χ1v) is 6.46. The number of hydrogen-bond donors (Lipinski definition) is 0. The lowest BCUT2D eigenvalue weighted by atomic mass is 10.0. The molecule has 0 N–H and O–H groups in total. The number of piperazine rings is 1. The summed E-state index contributed by atoms with van der Waals surface area (Å²) >= 11 is 0. The molecule has 2 unspecified atom stereocenters. The predicted octanol–water partition coefficient (Wildman–Crippen LogP) is 0.858. The van der Waals surface area contributed by atoms with Gasteiger partial charge in [-0.1, -0.05) is 6.92 Å². The summed E-state index contributed by atoms with van der Waals surface area (Å²) < 4.78 is 5.34. The topological polar surface area (TPSA) is 56.6 Å². The number of ether oxygens (including phenoxy) is 1. The Kier molecular flexibility index (Phi) is 5.12. The molecule has 5 heteroatoms. The van der Waals surface area contributed by atoms with Crippen molar-refractivity contribution in [3.8, 4) is 6.07 Å². The van der Waals surface area contributed by atoms with E-state index in [-0.39, 0.29) is 11.9 Å². The van der Waals surface area contributed by atoms with Crippen LogP contribution in [0, 0.1) is 11.3 Å². The molecule has 18 heavy (non-hydrogen) atoms. The van der Waals surface area contributed by atoms with Gasteiger partial charge in [-0.2, -0.15) is 5.26 Å². The average Bonchev–Trinajstić information content (AvgIpc) is 2.44. The van der Waals surface area contributed by atoms with Crippen molar-refractivity contribution in [3.63, 3.8) is 0 Å². The van der Waals surface area contributed by atoms with Crippen LogP contribution in [0.25, 0.3) is 0 Å². The van der Waals surface area contributed by atoms with E-state index in [1.54, 1.807) is 7.11 Å². The van der Waals surface area contributed by atoms with Crippen molar-refractivity contribution in [2.45, 2.75) is 38.8 Å². The van der Waals surface area contributed by atoms with Crippen LogP contribution in [0.1, 0.15) is 27.2 Å². The van der Waals surface area contributed by atoms with Gasteiger partial charge in [-0.25, -0.2) is 0 Å². The average molecular weight is 253 g/mol. The molecule has 0 aromatic carbocycles. The quantitative estimate of drug-likeness (QED) is 0.745. The van der Waals surface area contributed by atoms with Crippen molar-refractivity contribution in [1.29, 1.82) is 5.26 Å². The Labute approximate surface area is 109 Å². The summed E-state index contributed by atoms with van der Waals surface area (Å²) in [4.78, 5) is 16.3. The van der Waals surface area contributed by atoms with Crippen molar-refractivity contribution in [3.05, 3.63) is 0 Å². The maximum absolute atomic E-state index is 12.3. The fourth-order valence-electron chi connectivity index (χ4n) is 2.11. The lowest BCUT2D eigenvalue weighted by molar-refractivity contribution is -0.155. The van der Waals surface area contributed by atoms with Gasteiger partial charge < -0.3 is 9.64 Å². The largest absolute Gasteiger partial charge is 0.369 e. The van der Waals surface area contributed by atoms with Crippen molar-refractivity contribution >= 4 is 5.91 Å². The molecular formula is C13H23N3O2. The Bertz CT molecular complexity index is 326. The van der Waals surface area contributed by atoms with E-state index in [0.29, 0.717) is 19.5 Å². The standard InChI is InChI=1S/C13H23N3O2/c1-5-13(3,18-4)12(17)16-8-6-15(7-9-16)11(2)10-14/h11H,5-9H2,1-4H3. The van der Waals surface area contributed by atoms with Crippen molar-refractivity contribution in [2.75, 3.05) is 33.3 Å². The molecule has 0 radical (unpaired) electrons. The summed E-state index contributed by atoms with van der Waals surface area (Å²) in [6.45, 7) is 8.53. The molecule has 1 aliphatic heterocycles. The summed E-state index contributed by atoms with van der Waals surface area (Å²) in [5.74, 6) is 0.0526. The molecule has 0 spiro atoms. The molecule has 0 aromatic rings. The van der Waals surface area contributed by atoms with Crippen LogP contribution >= 0.6 is 0 Å². The first-order chi connectivity index (χ1) is 8.48. The van der Waals surface area contributed by atoms with Gasteiger partial charge in [-0.05, 0) is 20.3 Å². The van der Waals surface area contributed by atoms with E-state index in [1.165, 1.54) is 0 Å². The molecule has 1 aliphatic rings. The maximum Gasteiger partial charge on any atom is 0.254 e. The van der Waals surface area contributed by atoms with Crippen LogP contribution in [0.4, 0.5) is 0 Å². The van der Waals surface area contributed by atoms with Crippen LogP contribution in [-0.4, -0.2) is 60.6 Å². The lowest BCUT2D eigenvalue weighted by Crippen LogP contribution is -2.56. The highest BCUT2D eigenvalue weighted by molar-refractivity contribution is 5.84. The second-order valence-electron chi connectivity index (χ2n) is 4.92. The summed E-state index contributed by atoms with van der Waals surface area (Å²) in [5.41, 5.74) is -0.719. The summed E-state index contributed by atoms with van der Waals surface area (Å²) in [7, 11) is 1.58. The molecule has 5 nitrogen and oxygen atoms in total. The molecule has 0 saturated carbocycles. The van der Waals surface area contributed by atoms with Gasteiger partial charge in [0.15, 0.2) is 0 Å². The Hall–Kier alpha value is -1.12. The van der Waals surface area contributed by atoms with Crippen LogP contribution in [0.3, 0.4) is 0 Å². The van der Waals surface area contributed by atoms with Gasteiger partial charge in [-0.3, -0.25) is 9.69 Å². The van der Waals surface area contributed by atoms with Crippen LogP contribution in [0.15, 0.2) is 0 Å². The van der Waals surface area contributed by atoms with Crippen molar-refractivity contribution in [2.24, 2.45) is 0 Å². The van der Waals surface area contributed by atoms with E-state index in [4.69, 9.17) is 10.00 Å². The van der Waals surface area contributed by atoms with E-state index in [1.807, 2.05) is 25.7 Å². The normalized spacial score (nSPS) is 22.1. The fraction of sp³-hybridized carbons (Fsp3) is 0.846. The van der Waals surface area contributed by atoms with Crippen LogP contribution in [0.2, 0.25) is 0 Å². The predicted molar refractivity (Wildman–Crippen MR) is 68.9 cm³/mol. The smallest absolute Gasteiger partial charge is 0.254 e. The number of hydrogen-bond acceptors (Lipinski definition) is 4. The molecule has 1 saturated heterocycles. The van der Waals surface area contributed by atoms with E-state index < -0.39 is 5.60 Å². The monoisotopic (exact) mass is 253 g/mol. The Morgan fingerprint density at radius 2 is 2.00 bits per heavy atom. The van der Waals surface area contributed by atoms with Gasteiger partial charge in [0.2, 0.25) is 0 Å². The van der Waals surface area contributed by atoms with E-state index >= 15 is 0 Å². The second-order valence-corrected chi connectivity index (χ2v) is 4.92. The number of nitriles is 1. The highest BCUT2D eigenvalue weighted by Crippen LogP contribution is 2.19. The highest BCUT2D eigenvalue weighted by atomic mass is 16.5. The fourth-order valence-corrected chi connectivity index (χ4v) is 2.11. The zero-order valence-corrected chi connectivity index (χ0v) is 11.8. The summed E-state index contributed by atoms with van der Waals surface area (Å²) in [6.07, 6.45) is 0.664. The minimum atomic E-state index is -0.719. The molecule has 2 atom stereocenters. The van der Waals surface area contributed by atoms with Gasteiger partial charge >= 0.3 is 0 Å². The maximum atomic E-state index is 12.3. The lowest BCUT2D eigenvalue weighted by Gasteiger charge is -2.39. The molecule has 1 amide bonds. The number of rotatable bonds is 4. The Balaban J connectivity index is 2.58. The van der Waals surface area contributed by atoms with Crippen LogP contribution in [-0.2, 0) is 9.53 Å². The minimum absolute atomic E-state index is 0.0526. The third-order valence-electron chi connectivity index (χ3n) is 3.91. The van der Waals surface area contributed by atoms with Crippen molar-refractivity contribution < 1.29 is 9.53 Å². The summed E-state index contributed by atoms with van der Waals surface area (Å²) in [5, 5.41) is 8.88. The van der Waals surface area contributed by atoms with E-state index in [9.17, 15) is 4.79 Å². The Morgan fingerprint density at radius 3 is 2.39 bits per heavy atom. The molecule has 0 aliphatic carbocycles. The molecule has 0 aromatic heterocycles. The highest BCUT2D eigenvalue weighted by Gasteiger charge is 2.36. The first kappa shape index (κ1) is 14.9. The number of methoxy groups -OCH3 is 1. The summed E-state index contributed by atoms with van der Waals surface area (Å²) in [6, 6.07) is 2.15. The van der Waals surface area contributed by atoms with Gasteiger partial charge in [0, 0.05) is 33.3 Å². The second kappa shape index (κ2) is 6.17. The Morgan fingerprint density at radius 1 is 1.44 bits per heavy atom. The zero-order chi connectivity index (χ0) is 13.8. The van der Waals surface area contributed by atoms with E-state index in [2.05, 4.69) is 11.0 Å². The first-order valence-electron chi connectivity index (χ1n) is 6.46. The number of carbonyl (C=O) groups is 1. The molecule has 0 bridgehead atoms. The minimum Gasteiger partial charge on any atom is -0.369 e.